The predicted molar refractivity (Wildman–Crippen MR) is 86.6 cm³/mol. The summed E-state index contributed by atoms with van der Waals surface area (Å²) in [5.74, 6) is 0.273. The fourth-order valence-electron chi connectivity index (χ4n) is 3.89. The maximum absolute atomic E-state index is 14.4. The van der Waals surface area contributed by atoms with Crippen molar-refractivity contribution in [2.75, 3.05) is 18.0 Å². The van der Waals surface area contributed by atoms with Crippen molar-refractivity contribution >= 4 is 17.3 Å². The van der Waals surface area contributed by atoms with Gasteiger partial charge in [-0.25, -0.2) is 4.39 Å². The summed E-state index contributed by atoms with van der Waals surface area (Å²) in [7, 11) is 0. The van der Waals surface area contributed by atoms with Crippen LogP contribution in [0.15, 0.2) is 18.2 Å². The summed E-state index contributed by atoms with van der Waals surface area (Å²) in [6.07, 6.45) is 4.94. The molecule has 21 heavy (non-hydrogen) atoms. The first-order valence-electron chi connectivity index (χ1n) is 7.97. The van der Waals surface area contributed by atoms with Gasteiger partial charge in [0.25, 0.3) is 0 Å². The molecule has 1 saturated heterocycles. The first-order valence-corrected chi connectivity index (χ1v) is 8.35. The smallest absolute Gasteiger partial charge is 0.147 e. The van der Waals surface area contributed by atoms with Gasteiger partial charge in [-0.15, -0.1) is 0 Å². The molecule has 0 aromatic heterocycles. The van der Waals surface area contributed by atoms with Crippen molar-refractivity contribution in [1.29, 1.82) is 0 Å². The minimum atomic E-state index is -0.205. The Labute approximate surface area is 131 Å². The molecule has 1 heterocycles. The zero-order valence-electron chi connectivity index (χ0n) is 12.8. The van der Waals surface area contributed by atoms with E-state index in [9.17, 15) is 4.39 Å². The lowest BCUT2D eigenvalue weighted by Crippen LogP contribution is -2.64. The quantitative estimate of drug-likeness (QED) is 0.879. The number of rotatable bonds is 2. The Kier molecular flexibility index (Phi) is 4.15. The number of halogens is 2. The molecule has 1 N–H and O–H groups in total. The summed E-state index contributed by atoms with van der Waals surface area (Å²) < 4.78 is 14.4. The Morgan fingerprint density at radius 1 is 1.33 bits per heavy atom. The van der Waals surface area contributed by atoms with E-state index in [4.69, 9.17) is 11.6 Å². The zero-order valence-corrected chi connectivity index (χ0v) is 13.6. The Bertz CT molecular complexity index is 512. The van der Waals surface area contributed by atoms with Gasteiger partial charge in [0, 0.05) is 29.7 Å². The fraction of sp³-hybridized carbons (Fsp3) is 0.647. The largest absolute Gasteiger partial charge is 0.363 e. The third-order valence-corrected chi connectivity index (χ3v) is 5.34. The molecule has 1 saturated carbocycles. The van der Waals surface area contributed by atoms with Crippen LogP contribution >= 0.6 is 11.6 Å². The Balaban J connectivity index is 1.93. The summed E-state index contributed by atoms with van der Waals surface area (Å²) in [6, 6.07) is 5.38. The molecular weight excluding hydrogens is 287 g/mol. The molecule has 116 valence electrons. The molecule has 1 aliphatic carbocycles. The van der Waals surface area contributed by atoms with E-state index in [0.717, 1.165) is 13.1 Å². The molecule has 1 aliphatic heterocycles. The third kappa shape index (κ3) is 2.91. The third-order valence-electron chi connectivity index (χ3n) is 5.11. The molecular formula is C17H24ClFN2. The van der Waals surface area contributed by atoms with Gasteiger partial charge in [-0.1, -0.05) is 38.3 Å². The predicted octanol–water partition coefficient (Wildman–Crippen LogP) is 4.23. The van der Waals surface area contributed by atoms with Gasteiger partial charge in [0.1, 0.15) is 5.82 Å². The van der Waals surface area contributed by atoms with Crippen molar-refractivity contribution in [2.24, 2.45) is 5.92 Å². The second-order valence-electron chi connectivity index (χ2n) is 6.90. The van der Waals surface area contributed by atoms with Gasteiger partial charge < -0.3 is 10.2 Å². The van der Waals surface area contributed by atoms with Crippen LogP contribution in [0.1, 0.15) is 39.5 Å². The van der Waals surface area contributed by atoms with E-state index in [1.165, 1.54) is 31.7 Å². The minimum absolute atomic E-state index is 0.178. The standard InChI is InChI=1S/C17H24ClFN2/c1-12(2)16-10-20-17(7-3-4-8-17)11-21(16)15-6-5-13(18)9-14(15)19/h5-6,9,12,16,20H,3-4,7-8,10-11H2,1-2H3. The summed E-state index contributed by atoms with van der Waals surface area (Å²) in [5, 5.41) is 4.23. The van der Waals surface area contributed by atoms with Crippen LogP contribution in [0.25, 0.3) is 0 Å². The van der Waals surface area contributed by atoms with Gasteiger partial charge in [0.2, 0.25) is 0 Å². The van der Waals surface area contributed by atoms with Crippen molar-refractivity contribution < 1.29 is 4.39 Å². The van der Waals surface area contributed by atoms with Gasteiger partial charge in [0.05, 0.1) is 5.69 Å². The molecule has 2 nitrogen and oxygen atoms in total. The van der Waals surface area contributed by atoms with E-state index in [2.05, 4.69) is 24.1 Å². The van der Waals surface area contributed by atoms with E-state index in [1.807, 2.05) is 6.07 Å². The van der Waals surface area contributed by atoms with E-state index in [0.29, 0.717) is 22.7 Å². The highest BCUT2D eigenvalue weighted by Crippen LogP contribution is 2.37. The fourth-order valence-corrected chi connectivity index (χ4v) is 4.05. The van der Waals surface area contributed by atoms with E-state index in [-0.39, 0.29) is 11.4 Å². The number of nitrogens with zero attached hydrogens (tertiary/aromatic N) is 1. The van der Waals surface area contributed by atoms with Crippen LogP contribution in [0, 0.1) is 11.7 Å². The van der Waals surface area contributed by atoms with Gasteiger partial charge in [-0.05, 0) is 37.0 Å². The Morgan fingerprint density at radius 3 is 2.67 bits per heavy atom. The van der Waals surface area contributed by atoms with Crippen LogP contribution in [-0.2, 0) is 0 Å². The van der Waals surface area contributed by atoms with Crippen molar-refractivity contribution in [2.45, 2.75) is 51.1 Å². The average molecular weight is 311 g/mol. The molecule has 1 spiro atoms. The van der Waals surface area contributed by atoms with E-state index < -0.39 is 0 Å². The van der Waals surface area contributed by atoms with Crippen LogP contribution < -0.4 is 10.2 Å². The van der Waals surface area contributed by atoms with Crippen LogP contribution in [-0.4, -0.2) is 24.7 Å². The van der Waals surface area contributed by atoms with Crippen LogP contribution in [0.2, 0.25) is 5.02 Å². The lowest BCUT2D eigenvalue weighted by molar-refractivity contribution is 0.244. The van der Waals surface area contributed by atoms with Crippen molar-refractivity contribution in [3.05, 3.63) is 29.0 Å². The van der Waals surface area contributed by atoms with Crippen molar-refractivity contribution in [3.8, 4) is 0 Å². The minimum Gasteiger partial charge on any atom is -0.363 e. The molecule has 0 amide bonds. The van der Waals surface area contributed by atoms with E-state index >= 15 is 0 Å². The highest BCUT2D eigenvalue weighted by molar-refractivity contribution is 6.30. The summed E-state index contributed by atoms with van der Waals surface area (Å²) >= 11 is 5.90. The lowest BCUT2D eigenvalue weighted by atomic mass is 9.88. The van der Waals surface area contributed by atoms with Crippen LogP contribution in [0.5, 0.6) is 0 Å². The normalized spacial score (nSPS) is 25.0. The number of hydrogen-bond donors (Lipinski definition) is 1. The van der Waals surface area contributed by atoms with Crippen molar-refractivity contribution in [3.63, 3.8) is 0 Å². The monoisotopic (exact) mass is 310 g/mol. The summed E-state index contributed by atoms with van der Waals surface area (Å²) in [4.78, 5) is 2.28. The Hall–Kier alpha value is -0.800. The second-order valence-corrected chi connectivity index (χ2v) is 7.34. The van der Waals surface area contributed by atoms with Gasteiger partial charge in [-0.3, -0.25) is 0 Å². The lowest BCUT2D eigenvalue weighted by Gasteiger charge is -2.49. The molecule has 1 aromatic carbocycles. The van der Waals surface area contributed by atoms with Gasteiger partial charge in [-0.2, -0.15) is 0 Å². The number of piperazine rings is 1. The average Bonchev–Trinajstić information content (AvgIpc) is 2.86. The van der Waals surface area contributed by atoms with E-state index in [1.54, 1.807) is 6.07 Å². The summed E-state index contributed by atoms with van der Waals surface area (Å²) in [6.45, 7) is 6.24. The summed E-state index contributed by atoms with van der Waals surface area (Å²) in [5.41, 5.74) is 0.878. The second kappa shape index (κ2) is 5.77. The van der Waals surface area contributed by atoms with Crippen LogP contribution in [0.3, 0.4) is 0 Å². The maximum Gasteiger partial charge on any atom is 0.147 e. The number of nitrogens with one attached hydrogen (secondary N) is 1. The topological polar surface area (TPSA) is 15.3 Å². The maximum atomic E-state index is 14.4. The number of hydrogen-bond acceptors (Lipinski definition) is 2. The molecule has 1 aromatic rings. The highest BCUT2D eigenvalue weighted by atomic mass is 35.5. The molecule has 1 atom stereocenters. The van der Waals surface area contributed by atoms with Crippen LogP contribution in [0.4, 0.5) is 10.1 Å². The molecule has 0 bridgehead atoms. The first-order chi connectivity index (χ1) is 10.0. The Morgan fingerprint density at radius 2 is 2.05 bits per heavy atom. The number of anilines is 1. The molecule has 2 fully saturated rings. The SMILES string of the molecule is CC(C)C1CNC2(CCCC2)CN1c1ccc(Cl)cc1F. The highest BCUT2D eigenvalue weighted by Gasteiger charge is 2.42. The molecule has 2 aliphatic rings. The molecule has 3 rings (SSSR count). The first kappa shape index (κ1) is 15.1. The van der Waals surface area contributed by atoms with Gasteiger partial charge in [0.15, 0.2) is 0 Å². The molecule has 0 radical (unpaired) electrons. The number of benzene rings is 1. The van der Waals surface area contributed by atoms with Gasteiger partial charge >= 0.3 is 0 Å². The molecule has 1 unspecified atom stereocenters. The van der Waals surface area contributed by atoms with Crippen molar-refractivity contribution in [1.82, 2.24) is 5.32 Å². The molecule has 4 heteroatoms. The zero-order chi connectivity index (χ0) is 15.0.